The van der Waals surface area contributed by atoms with Crippen molar-refractivity contribution >= 4 is 24.5 Å². The van der Waals surface area contributed by atoms with E-state index in [-0.39, 0.29) is 11.6 Å². The van der Waals surface area contributed by atoms with Gasteiger partial charge in [0.25, 0.3) is 0 Å². The molecule has 1 unspecified atom stereocenters. The van der Waals surface area contributed by atoms with Crippen LogP contribution >= 0.6 is 0 Å². The number of amides is 2. The molecular formula is C20H19N3O. The molecule has 0 saturated carbocycles. The second kappa shape index (κ2) is 5.96. The molecule has 0 aromatic heterocycles. The zero-order chi connectivity index (χ0) is 16.4. The van der Waals surface area contributed by atoms with Crippen molar-refractivity contribution in [2.45, 2.75) is 12.0 Å². The van der Waals surface area contributed by atoms with E-state index in [1.807, 2.05) is 29.2 Å². The van der Waals surface area contributed by atoms with Gasteiger partial charge in [-0.15, -0.1) is 0 Å². The van der Waals surface area contributed by atoms with Gasteiger partial charge in [-0.3, -0.25) is 0 Å². The van der Waals surface area contributed by atoms with Gasteiger partial charge >= 0.3 is 6.03 Å². The third-order valence-electron chi connectivity index (χ3n) is 4.64. The number of fused-ring (bicyclic) bond motifs is 2. The van der Waals surface area contributed by atoms with Gasteiger partial charge in [0.1, 0.15) is 5.54 Å². The molecule has 1 aromatic carbocycles. The molecule has 4 nitrogen and oxygen atoms in total. The highest BCUT2D eigenvalue weighted by Gasteiger charge is 2.41. The van der Waals surface area contributed by atoms with Gasteiger partial charge in [-0.2, -0.15) is 0 Å². The van der Waals surface area contributed by atoms with Crippen molar-refractivity contribution in [3.8, 4) is 0 Å². The SMILES string of the molecule is O=C1N=CC23C=CN(C=c4ccc(cc4)=CC=CC=CCN12)CC3. The number of benzene rings is 1. The van der Waals surface area contributed by atoms with Gasteiger partial charge in [0.15, 0.2) is 0 Å². The summed E-state index contributed by atoms with van der Waals surface area (Å²) in [5, 5.41) is 2.33. The largest absolute Gasteiger partial charge is 0.354 e. The molecule has 0 saturated heterocycles. The lowest BCUT2D eigenvalue weighted by Crippen LogP contribution is -2.50. The van der Waals surface area contributed by atoms with Crippen LogP contribution in [0.1, 0.15) is 6.42 Å². The van der Waals surface area contributed by atoms with Crippen molar-refractivity contribution in [1.29, 1.82) is 0 Å². The maximum absolute atomic E-state index is 12.1. The van der Waals surface area contributed by atoms with Crippen LogP contribution in [0.25, 0.3) is 12.3 Å². The molecule has 4 bridgehead atoms. The van der Waals surface area contributed by atoms with E-state index in [0.717, 1.165) is 18.2 Å². The van der Waals surface area contributed by atoms with Gasteiger partial charge < -0.3 is 9.80 Å². The van der Waals surface area contributed by atoms with Crippen molar-refractivity contribution in [1.82, 2.24) is 9.80 Å². The van der Waals surface area contributed by atoms with Gasteiger partial charge in [0.05, 0.1) is 0 Å². The van der Waals surface area contributed by atoms with Gasteiger partial charge in [-0.25, -0.2) is 9.79 Å². The molecule has 5 aliphatic rings. The van der Waals surface area contributed by atoms with Crippen LogP contribution in [-0.4, -0.2) is 40.7 Å². The number of hydrogen-bond donors (Lipinski definition) is 0. The summed E-state index contributed by atoms with van der Waals surface area (Å²) < 4.78 is 0. The van der Waals surface area contributed by atoms with E-state index >= 15 is 0 Å². The Labute approximate surface area is 141 Å². The third-order valence-corrected chi connectivity index (χ3v) is 4.64. The predicted octanol–water partition coefficient (Wildman–Crippen LogP) is 1.80. The minimum Gasteiger partial charge on any atom is -0.354 e. The number of allylic oxidation sites excluding steroid dienone is 3. The number of hydrogen-bond acceptors (Lipinski definition) is 2. The number of carbonyl (C=O) groups is 1. The average molecular weight is 317 g/mol. The lowest BCUT2D eigenvalue weighted by Gasteiger charge is -2.38. The number of urea groups is 1. The van der Waals surface area contributed by atoms with Crippen molar-refractivity contribution in [2.24, 2.45) is 4.99 Å². The zero-order valence-corrected chi connectivity index (χ0v) is 13.4. The maximum Gasteiger partial charge on any atom is 0.344 e. The molecule has 1 atom stereocenters. The summed E-state index contributed by atoms with van der Waals surface area (Å²) in [5.41, 5.74) is -0.386. The van der Waals surface area contributed by atoms with Crippen molar-refractivity contribution in [2.75, 3.05) is 13.1 Å². The lowest BCUT2D eigenvalue weighted by molar-refractivity contribution is 0.188. The molecule has 120 valence electrons. The standard InChI is InChI=1S/C20H19N3O/c24-19-21-16-20-10-13-22(14-11-20)15-18-8-6-17(7-9-18)5-3-1-2-4-12-23(19)20/h1-10,13,15-16H,11-12,14H2. The minimum absolute atomic E-state index is 0.159. The summed E-state index contributed by atoms with van der Waals surface area (Å²) in [5.74, 6) is 0. The minimum atomic E-state index is -0.386. The van der Waals surface area contributed by atoms with Gasteiger partial charge in [-0.1, -0.05) is 54.6 Å². The zero-order valence-electron chi connectivity index (χ0n) is 13.4. The van der Waals surface area contributed by atoms with Crippen LogP contribution in [0, 0.1) is 0 Å². The van der Waals surface area contributed by atoms with Gasteiger partial charge in [-0.05, 0) is 22.9 Å². The van der Waals surface area contributed by atoms with E-state index < -0.39 is 0 Å². The first-order chi connectivity index (χ1) is 11.8. The van der Waals surface area contributed by atoms with Crippen LogP contribution in [0.2, 0.25) is 0 Å². The molecule has 0 N–H and O–H groups in total. The normalized spacial score (nSPS) is 25.1. The van der Waals surface area contributed by atoms with Crippen molar-refractivity contribution in [3.63, 3.8) is 0 Å². The van der Waals surface area contributed by atoms with E-state index in [1.54, 1.807) is 6.21 Å². The Bertz CT molecular complexity index is 870. The van der Waals surface area contributed by atoms with E-state index in [2.05, 4.69) is 58.7 Å². The molecular weight excluding hydrogens is 298 g/mol. The molecule has 24 heavy (non-hydrogen) atoms. The van der Waals surface area contributed by atoms with Crippen LogP contribution in [0.4, 0.5) is 4.79 Å². The second-order valence-electron chi connectivity index (χ2n) is 6.22. The molecule has 5 aliphatic heterocycles. The Morgan fingerprint density at radius 3 is 2.67 bits per heavy atom. The molecule has 2 amide bonds. The number of carbonyl (C=O) groups excluding carboxylic acids is 1. The van der Waals surface area contributed by atoms with E-state index in [9.17, 15) is 4.79 Å². The highest BCUT2D eigenvalue weighted by Crippen LogP contribution is 2.29. The lowest BCUT2D eigenvalue weighted by atomic mass is 9.92. The summed E-state index contributed by atoms with van der Waals surface area (Å²) in [6.45, 7) is 1.41. The maximum atomic E-state index is 12.1. The molecule has 0 aliphatic carbocycles. The molecule has 1 aromatic rings. The van der Waals surface area contributed by atoms with Gasteiger partial charge in [0.2, 0.25) is 0 Å². The van der Waals surface area contributed by atoms with E-state index in [4.69, 9.17) is 0 Å². The summed E-state index contributed by atoms with van der Waals surface area (Å²) in [6.07, 6.45) is 18.9. The fraction of sp³-hybridized carbons (Fsp3) is 0.200. The molecule has 6 rings (SSSR count). The van der Waals surface area contributed by atoms with Crippen LogP contribution < -0.4 is 10.4 Å². The van der Waals surface area contributed by atoms with Crippen molar-refractivity contribution in [3.05, 3.63) is 71.3 Å². The fourth-order valence-electron chi connectivity index (χ4n) is 3.22. The number of aliphatic imine (C=N–C) groups is 1. The second-order valence-corrected chi connectivity index (χ2v) is 6.22. The average Bonchev–Trinajstić information content (AvgIpc) is 2.90. The smallest absolute Gasteiger partial charge is 0.344 e. The molecule has 4 heteroatoms. The van der Waals surface area contributed by atoms with E-state index in [1.165, 1.54) is 5.22 Å². The number of rotatable bonds is 0. The number of nitrogens with zero attached hydrogens (tertiary/aromatic N) is 3. The first-order valence-corrected chi connectivity index (χ1v) is 8.19. The Morgan fingerprint density at radius 2 is 1.88 bits per heavy atom. The Morgan fingerprint density at radius 1 is 1.04 bits per heavy atom. The topological polar surface area (TPSA) is 35.9 Å². The van der Waals surface area contributed by atoms with Crippen LogP contribution in [-0.2, 0) is 0 Å². The summed E-state index contributed by atoms with van der Waals surface area (Å²) in [7, 11) is 0. The van der Waals surface area contributed by atoms with Gasteiger partial charge in [0, 0.05) is 31.7 Å². The molecule has 0 fully saturated rings. The Kier molecular flexibility index (Phi) is 3.65. The Balaban J connectivity index is 1.77. The highest BCUT2D eigenvalue weighted by atomic mass is 16.2. The quantitative estimate of drug-likeness (QED) is 0.731. The first-order valence-electron chi connectivity index (χ1n) is 8.19. The third kappa shape index (κ3) is 2.71. The predicted molar refractivity (Wildman–Crippen MR) is 96.7 cm³/mol. The van der Waals surface area contributed by atoms with Crippen LogP contribution in [0.5, 0.6) is 0 Å². The summed E-state index contributed by atoms with van der Waals surface area (Å²) in [6, 6.07) is 8.31. The molecule has 1 spiro atoms. The summed E-state index contributed by atoms with van der Waals surface area (Å²) in [4.78, 5) is 20.2. The summed E-state index contributed by atoms with van der Waals surface area (Å²) >= 11 is 0. The molecule has 5 heterocycles. The monoisotopic (exact) mass is 317 g/mol. The highest BCUT2D eigenvalue weighted by molar-refractivity contribution is 5.97. The van der Waals surface area contributed by atoms with Crippen molar-refractivity contribution < 1.29 is 4.79 Å². The first kappa shape index (κ1) is 14.7. The Hall–Kier alpha value is -2.88. The van der Waals surface area contributed by atoms with Crippen LogP contribution in [0.3, 0.4) is 0 Å². The molecule has 0 radical (unpaired) electrons. The fourth-order valence-corrected chi connectivity index (χ4v) is 3.22. The van der Waals surface area contributed by atoms with Crippen LogP contribution in [0.15, 0.2) is 65.8 Å². The van der Waals surface area contributed by atoms with E-state index in [0.29, 0.717) is 6.54 Å².